The SMILES string of the molecule is COc1c(-c2cc(N)n[nH]2)cc(C)c(C)c1Br. The summed E-state index contributed by atoms with van der Waals surface area (Å²) < 4.78 is 6.40. The van der Waals surface area contributed by atoms with Gasteiger partial charge in [-0.2, -0.15) is 5.10 Å². The number of nitrogen functional groups attached to an aromatic ring is 1. The van der Waals surface area contributed by atoms with E-state index in [9.17, 15) is 0 Å². The molecule has 1 aromatic heterocycles. The molecule has 1 heterocycles. The number of methoxy groups -OCH3 is 1. The fourth-order valence-electron chi connectivity index (χ4n) is 1.73. The Hall–Kier alpha value is -1.49. The standard InChI is InChI=1S/C12H14BrN3O/c1-6-4-8(9-5-10(14)16-15-9)12(17-3)11(13)7(6)2/h4-5H,1-3H3,(H3,14,15,16). The van der Waals surface area contributed by atoms with Gasteiger partial charge in [0.1, 0.15) is 11.6 Å². The van der Waals surface area contributed by atoms with E-state index in [-0.39, 0.29) is 0 Å². The van der Waals surface area contributed by atoms with Gasteiger partial charge in [-0.05, 0) is 47.0 Å². The second kappa shape index (κ2) is 4.41. The summed E-state index contributed by atoms with van der Waals surface area (Å²) in [5.41, 5.74) is 9.77. The number of anilines is 1. The molecule has 2 rings (SSSR count). The first-order valence-electron chi connectivity index (χ1n) is 5.19. The van der Waals surface area contributed by atoms with Crippen molar-refractivity contribution in [3.63, 3.8) is 0 Å². The lowest BCUT2D eigenvalue weighted by molar-refractivity contribution is 0.413. The van der Waals surface area contributed by atoms with Crippen LogP contribution in [0.5, 0.6) is 5.75 Å². The Balaban J connectivity index is 2.69. The third-order valence-corrected chi connectivity index (χ3v) is 3.77. The number of hydrogen-bond donors (Lipinski definition) is 2. The van der Waals surface area contributed by atoms with Gasteiger partial charge in [-0.15, -0.1) is 0 Å². The number of rotatable bonds is 2. The lowest BCUT2D eigenvalue weighted by Crippen LogP contribution is -1.94. The van der Waals surface area contributed by atoms with Gasteiger partial charge in [-0.25, -0.2) is 0 Å². The van der Waals surface area contributed by atoms with Crippen molar-refractivity contribution in [2.75, 3.05) is 12.8 Å². The maximum absolute atomic E-state index is 5.62. The zero-order valence-corrected chi connectivity index (χ0v) is 11.6. The number of aryl methyl sites for hydroxylation is 1. The molecule has 17 heavy (non-hydrogen) atoms. The van der Waals surface area contributed by atoms with Crippen LogP contribution in [-0.2, 0) is 0 Å². The van der Waals surface area contributed by atoms with Gasteiger partial charge in [0.2, 0.25) is 0 Å². The molecule has 5 heteroatoms. The molecule has 1 aromatic carbocycles. The van der Waals surface area contributed by atoms with Crippen molar-refractivity contribution in [3.05, 3.63) is 27.7 Å². The second-order valence-electron chi connectivity index (χ2n) is 3.92. The summed E-state index contributed by atoms with van der Waals surface area (Å²) in [5.74, 6) is 1.26. The summed E-state index contributed by atoms with van der Waals surface area (Å²) >= 11 is 3.56. The van der Waals surface area contributed by atoms with Crippen molar-refractivity contribution in [1.82, 2.24) is 10.2 Å². The summed E-state index contributed by atoms with van der Waals surface area (Å²) in [6.45, 7) is 4.11. The lowest BCUT2D eigenvalue weighted by Gasteiger charge is -2.13. The minimum absolute atomic E-state index is 0.469. The number of halogens is 1. The van der Waals surface area contributed by atoms with E-state index in [0.29, 0.717) is 5.82 Å². The van der Waals surface area contributed by atoms with Gasteiger partial charge in [0.15, 0.2) is 0 Å². The van der Waals surface area contributed by atoms with Gasteiger partial charge in [0.25, 0.3) is 0 Å². The smallest absolute Gasteiger partial charge is 0.145 e. The summed E-state index contributed by atoms with van der Waals surface area (Å²) in [6, 6.07) is 3.85. The molecule has 4 nitrogen and oxygen atoms in total. The van der Waals surface area contributed by atoms with E-state index >= 15 is 0 Å². The lowest BCUT2D eigenvalue weighted by atomic mass is 10.0. The topological polar surface area (TPSA) is 63.9 Å². The summed E-state index contributed by atoms with van der Waals surface area (Å²) in [5, 5.41) is 6.83. The second-order valence-corrected chi connectivity index (χ2v) is 4.71. The molecule has 0 radical (unpaired) electrons. The number of nitrogens with zero attached hydrogens (tertiary/aromatic N) is 1. The molecule has 2 aromatic rings. The van der Waals surface area contributed by atoms with E-state index in [2.05, 4.69) is 39.1 Å². The summed E-state index contributed by atoms with van der Waals surface area (Å²) in [4.78, 5) is 0. The molecular weight excluding hydrogens is 282 g/mol. The minimum atomic E-state index is 0.469. The number of hydrogen-bond acceptors (Lipinski definition) is 3. The number of ether oxygens (including phenoxy) is 1. The number of aromatic nitrogens is 2. The molecule has 0 aliphatic carbocycles. The molecular formula is C12H14BrN3O. The minimum Gasteiger partial charge on any atom is -0.495 e. The summed E-state index contributed by atoms with van der Waals surface area (Å²) in [6.07, 6.45) is 0. The highest BCUT2D eigenvalue weighted by Gasteiger charge is 2.15. The number of nitrogens with one attached hydrogen (secondary N) is 1. The van der Waals surface area contributed by atoms with Crippen LogP contribution in [0.4, 0.5) is 5.82 Å². The zero-order valence-electron chi connectivity index (χ0n) is 9.97. The number of aromatic amines is 1. The van der Waals surface area contributed by atoms with Gasteiger partial charge in [0.05, 0.1) is 17.3 Å². The largest absolute Gasteiger partial charge is 0.495 e. The maximum Gasteiger partial charge on any atom is 0.145 e. The van der Waals surface area contributed by atoms with Crippen LogP contribution in [0.2, 0.25) is 0 Å². The van der Waals surface area contributed by atoms with Gasteiger partial charge < -0.3 is 10.5 Å². The molecule has 0 saturated heterocycles. The molecule has 0 atom stereocenters. The fraction of sp³-hybridized carbons (Fsp3) is 0.250. The molecule has 3 N–H and O–H groups in total. The Bertz CT molecular complexity index is 563. The van der Waals surface area contributed by atoms with Gasteiger partial charge in [0, 0.05) is 11.6 Å². The van der Waals surface area contributed by atoms with Crippen molar-refractivity contribution >= 4 is 21.7 Å². The molecule has 0 aliphatic heterocycles. The Labute approximate surface area is 108 Å². The van der Waals surface area contributed by atoms with E-state index in [1.165, 1.54) is 5.56 Å². The zero-order chi connectivity index (χ0) is 12.6. The predicted molar refractivity (Wildman–Crippen MR) is 72.2 cm³/mol. The third kappa shape index (κ3) is 2.02. The molecule has 0 bridgehead atoms. The van der Waals surface area contributed by atoms with Crippen LogP contribution in [0.3, 0.4) is 0 Å². The third-order valence-electron chi connectivity index (χ3n) is 2.82. The van der Waals surface area contributed by atoms with Crippen LogP contribution in [0.15, 0.2) is 16.6 Å². The Morgan fingerprint density at radius 2 is 2.06 bits per heavy atom. The normalized spacial score (nSPS) is 10.6. The fourth-order valence-corrected chi connectivity index (χ4v) is 2.41. The molecule has 0 fully saturated rings. The highest BCUT2D eigenvalue weighted by atomic mass is 79.9. The van der Waals surface area contributed by atoms with E-state index in [1.54, 1.807) is 13.2 Å². The Morgan fingerprint density at radius 1 is 1.35 bits per heavy atom. The first kappa shape index (κ1) is 12.0. The van der Waals surface area contributed by atoms with Crippen LogP contribution in [0.1, 0.15) is 11.1 Å². The first-order valence-corrected chi connectivity index (χ1v) is 5.98. The highest BCUT2D eigenvalue weighted by Crippen LogP contribution is 2.39. The van der Waals surface area contributed by atoms with E-state index < -0.39 is 0 Å². The van der Waals surface area contributed by atoms with E-state index in [4.69, 9.17) is 10.5 Å². The van der Waals surface area contributed by atoms with Crippen LogP contribution < -0.4 is 10.5 Å². The van der Waals surface area contributed by atoms with Crippen LogP contribution >= 0.6 is 15.9 Å². The van der Waals surface area contributed by atoms with Crippen LogP contribution in [0.25, 0.3) is 11.3 Å². The van der Waals surface area contributed by atoms with Gasteiger partial charge in [-0.1, -0.05) is 0 Å². The van der Waals surface area contributed by atoms with E-state index in [1.807, 2.05) is 6.92 Å². The average Bonchev–Trinajstić information content (AvgIpc) is 2.72. The molecule has 0 saturated carbocycles. The number of nitrogens with two attached hydrogens (primary N) is 1. The average molecular weight is 296 g/mol. The van der Waals surface area contributed by atoms with Gasteiger partial charge >= 0.3 is 0 Å². The molecule has 0 spiro atoms. The van der Waals surface area contributed by atoms with E-state index in [0.717, 1.165) is 27.0 Å². The molecule has 0 amide bonds. The van der Waals surface area contributed by atoms with Crippen molar-refractivity contribution in [2.45, 2.75) is 13.8 Å². The quantitative estimate of drug-likeness (QED) is 0.895. The Morgan fingerprint density at radius 3 is 2.59 bits per heavy atom. The maximum atomic E-state index is 5.62. The molecule has 90 valence electrons. The van der Waals surface area contributed by atoms with Crippen molar-refractivity contribution < 1.29 is 4.74 Å². The number of benzene rings is 1. The van der Waals surface area contributed by atoms with Crippen LogP contribution in [0, 0.1) is 13.8 Å². The predicted octanol–water partition coefficient (Wildman–Crippen LogP) is 3.05. The Kier molecular flexibility index (Phi) is 3.11. The van der Waals surface area contributed by atoms with Crippen molar-refractivity contribution in [1.29, 1.82) is 0 Å². The summed E-state index contributed by atoms with van der Waals surface area (Å²) in [7, 11) is 1.65. The number of H-pyrrole nitrogens is 1. The monoisotopic (exact) mass is 295 g/mol. The molecule has 0 unspecified atom stereocenters. The molecule has 0 aliphatic rings. The first-order chi connectivity index (χ1) is 8.04. The van der Waals surface area contributed by atoms with Crippen molar-refractivity contribution in [3.8, 4) is 17.0 Å². The van der Waals surface area contributed by atoms with Crippen LogP contribution in [-0.4, -0.2) is 17.3 Å². The van der Waals surface area contributed by atoms with Gasteiger partial charge in [-0.3, -0.25) is 5.10 Å². The van der Waals surface area contributed by atoms with Crippen molar-refractivity contribution in [2.24, 2.45) is 0 Å². The highest BCUT2D eigenvalue weighted by molar-refractivity contribution is 9.10.